The van der Waals surface area contributed by atoms with Crippen molar-refractivity contribution in [3.05, 3.63) is 28.8 Å². The van der Waals surface area contributed by atoms with E-state index in [2.05, 4.69) is 29.2 Å². The summed E-state index contributed by atoms with van der Waals surface area (Å²) >= 11 is 6.31. The Kier molecular flexibility index (Phi) is 10.8. The molecule has 7 heteroatoms. The lowest BCUT2D eigenvalue weighted by Gasteiger charge is -2.39. The Labute approximate surface area is 185 Å². The fraction of sp³-hybridized carbons (Fsp3) is 0.650. The number of guanidine groups is 1. The van der Waals surface area contributed by atoms with Crippen LogP contribution in [0.4, 0.5) is 0 Å². The summed E-state index contributed by atoms with van der Waals surface area (Å²) in [7, 11) is 5.63. The van der Waals surface area contributed by atoms with E-state index >= 15 is 0 Å². The summed E-state index contributed by atoms with van der Waals surface area (Å²) in [6.45, 7) is 5.44. The number of ether oxygens (including phenoxy) is 2. The van der Waals surface area contributed by atoms with E-state index < -0.39 is 0 Å². The van der Waals surface area contributed by atoms with Gasteiger partial charge in [0.05, 0.1) is 7.11 Å². The van der Waals surface area contributed by atoms with Gasteiger partial charge in [0.15, 0.2) is 5.96 Å². The van der Waals surface area contributed by atoms with Crippen LogP contribution in [0.25, 0.3) is 0 Å². The quantitative estimate of drug-likeness (QED) is 0.338. The predicted octanol–water partition coefficient (Wildman–Crippen LogP) is 4.32. The van der Waals surface area contributed by atoms with E-state index in [1.54, 1.807) is 7.11 Å². The molecule has 0 saturated carbocycles. The Hall–Kier alpha value is -0.730. The molecule has 1 fully saturated rings. The second-order valence-electron chi connectivity index (χ2n) is 6.91. The summed E-state index contributed by atoms with van der Waals surface area (Å²) in [5.74, 6) is 1.80. The van der Waals surface area contributed by atoms with Gasteiger partial charge in [-0.3, -0.25) is 4.99 Å². The normalized spacial score (nSPS) is 16.4. The standard InChI is InChI=1S/C20H32ClN3O2.HI/c1-5-6-11-24(3)19(22-2)23-15-20(9-12-26-13-10-20)17-14-16(21)7-8-18(17)25-4;/h7-8,14H,5-6,9-13,15H2,1-4H3,(H,22,23);1H. The molecule has 1 aromatic carbocycles. The third-order valence-corrected chi connectivity index (χ3v) is 5.42. The number of hydrogen-bond acceptors (Lipinski definition) is 3. The molecule has 0 amide bonds. The summed E-state index contributed by atoms with van der Waals surface area (Å²) in [5.41, 5.74) is 1.06. The SMILES string of the molecule is CCCCN(C)C(=NC)NCC1(c2cc(Cl)ccc2OC)CCOCC1.I. The van der Waals surface area contributed by atoms with Crippen molar-refractivity contribution < 1.29 is 9.47 Å². The number of aliphatic imine (C=N–C) groups is 1. The lowest BCUT2D eigenvalue weighted by Crippen LogP contribution is -2.48. The second-order valence-corrected chi connectivity index (χ2v) is 7.35. The first-order valence-corrected chi connectivity index (χ1v) is 9.77. The maximum absolute atomic E-state index is 6.31. The molecule has 2 rings (SSSR count). The summed E-state index contributed by atoms with van der Waals surface area (Å²) in [6.07, 6.45) is 4.17. The van der Waals surface area contributed by atoms with Crippen LogP contribution in [0.5, 0.6) is 5.75 Å². The number of benzene rings is 1. The molecule has 0 aromatic heterocycles. The number of methoxy groups -OCH3 is 1. The monoisotopic (exact) mass is 509 g/mol. The maximum atomic E-state index is 6.31. The van der Waals surface area contributed by atoms with Crippen LogP contribution in [-0.2, 0) is 10.2 Å². The van der Waals surface area contributed by atoms with Crippen LogP contribution in [0, 0.1) is 0 Å². The van der Waals surface area contributed by atoms with Crippen molar-refractivity contribution in [3.63, 3.8) is 0 Å². The third kappa shape index (κ3) is 6.39. The first kappa shape index (κ1) is 24.3. The zero-order valence-corrected chi connectivity index (χ0v) is 20.0. The molecule has 154 valence electrons. The molecule has 0 bridgehead atoms. The van der Waals surface area contributed by atoms with Gasteiger partial charge in [0.1, 0.15) is 5.75 Å². The fourth-order valence-corrected chi connectivity index (χ4v) is 3.70. The first-order valence-electron chi connectivity index (χ1n) is 9.40. The fourth-order valence-electron chi connectivity index (χ4n) is 3.53. The molecule has 1 heterocycles. The summed E-state index contributed by atoms with van der Waals surface area (Å²) < 4.78 is 11.3. The highest BCUT2D eigenvalue weighted by Gasteiger charge is 2.37. The highest BCUT2D eigenvalue weighted by atomic mass is 127. The van der Waals surface area contributed by atoms with Gasteiger partial charge in [0.2, 0.25) is 0 Å². The molecule has 0 radical (unpaired) electrons. The highest BCUT2D eigenvalue weighted by molar-refractivity contribution is 14.0. The minimum atomic E-state index is -0.0873. The van der Waals surface area contributed by atoms with E-state index in [0.717, 1.165) is 67.9 Å². The lowest BCUT2D eigenvalue weighted by molar-refractivity contribution is 0.0504. The van der Waals surface area contributed by atoms with E-state index in [1.807, 2.05) is 25.2 Å². The van der Waals surface area contributed by atoms with Crippen molar-refractivity contribution in [2.24, 2.45) is 4.99 Å². The summed E-state index contributed by atoms with van der Waals surface area (Å²) in [4.78, 5) is 6.64. The Balaban J connectivity index is 0.00000364. The van der Waals surface area contributed by atoms with Gasteiger partial charge in [-0.05, 0) is 37.5 Å². The Morgan fingerprint density at radius 2 is 2.07 bits per heavy atom. The molecule has 5 nitrogen and oxygen atoms in total. The van der Waals surface area contributed by atoms with Gasteiger partial charge in [-0.1, -0.05) is 24.9 Å². The molecule has 27 heavy (non-hydrogen) atoms. The number of halogens is 2. The van der Waals surface area contributed by atoms with Gasteiger partial charge in [0, 0.05) is 56.4 Å². The highest BCUT2D eigenvalue weighted by Crippen LogP contribution is 2.40. The Bertz CT molecular complexity index is 607. The largest absolute Gasteiger partial charge is 0.496 e. The molecular weight excluding hydrogens is 477 g/mol. The summed E-state index contributed by atoms with van der Waals surface area (Å²) in [5, 5.41) is 4.31. The van der Waals surface area contributed by atoms with Crippen LogP contribution >= 0.6 is 35.6 Å². The van der Waals surface area contributed by atoms with Crippen molar-refractivity contribution in [1.29, 1.82) is 0 Å². The van der Waals surface area contributed by atoms with Crippen molar-refractivity contribution in [1.82, 2.24) is 10.2 Å². The van der Waals surface area contributed by atoms with Crippen LogP contribution in [0.2, 0.25) is 5.02 Å². The maximum Gasteiger partial charge on any atom is 0.193 e. The van der Waals surface area contributed by atoms with E-state index in [0.29, 0.717) is 0 Å². The van der Waals surface area contributed by atoms with Gasteiger partial charge in [-0.15, -0.1) is 24.0 Å². The van der Waals surface area contributed by atoms with E-state index in [9.17, 15) is 0 Å². The lowest BCUT2D eigenvalue weighted by atomic mass is 9.73. The summed E-state index contributed by atoms with van der Waals surface area (Å²) in [6, 6.07) is 5.87. The van der Waals surface area contributed by atoms with Crippen LogP contribution in [0.3, 0.4) is 0 Å². The van der Waals surface area contributed by atoms with E-state index in [1.165, 1.54) is 6.42 Å². The van der Waals surface area contributed by atoms with Crippen molar-refractivity contribution in [2.45, 2.75) is 38.0 Å². The molecule has 1 aliphatic heterocycles. The minimum Gasteiger partial charge on any atom is -0.496 e. The molecule has 1 aliphatic rings. The number of rotatable bonds is 7. The van der Waals surface area contributed by atoms with Crippen LogP contribution in [0.1, 0.15) is 38.2 Å². The van der Waals surface area contributed by atoms with Gasteiger partial charge in [0.25, 0.3) is 0 Å². The molecule has 0 spiro atoms. The van der Waals surface area contributed by atoms with Crippen LogP contribution < -0.4 is 10.1 Å². The number of nitrogens with one attached hydrogen (secondary N) is 1. The average Bonchev–Trinajstić information content (AvgIpc) is 2.67. The van der Waals surface area contributed by atoms with E-state index in [4.69, 9.17) is 21.1 Å². The zero-order chi connectivity index (χ0) is 19.0. The van der Waals surface area contributed by atoms with Gasteiger partial charge < -0.3 is 19.7 Å². The molecule has 0 aliphatic carbocycles. The topological polar surface area (TPSA) is 46.1 Å². The molecule has 1 aromatic rings. The van der Waals surface area contributed by atoms with Gasteiger partial charge in [-0.25, -0.2) is 0 Å². The van der Waals surface area contributed by atoms with Crippen LogP contribution in [0.15, 0.2) is 23.2 Å². The van der Waals surface area contributed by atoms with Gasteiger partial charge >= 0.3 is 0 Å². The first-order chi connectivity index (χ1) is 12.6. The molecule has 1 N–H and O–H groups in total. The average molecular weight is 510 g/mol. The van der Waals surface area contributed by atoms with Crippen molar-refractivity contribution >= 4 is 41.5 Å². The molecule has 0 unspecified atom stereocenters. The van der Waals surface area contributed by atoms with Crippen molar-refractivity contribution in [3.8, 4) is 5.75 Å². The molecule has 0 atom stereocenters. The predicted molar refractivity (Wildman–Crippen MR) is 124 cm³/mol. The second kappa shape index (κ2) is 12.0. The van der Waals surface area contributed by atoms with E-state index in [-0.39, 0.29) is 29.4 Å². The number of nitrogens with zero attached hydrogens (tertiary/aromatic N) is 2. The smallest absolute Gasteiger partial charge is 0.193 e. The van der Waals surface area contributed by atoms with Gasteiger partial charge in [-0.2, -0.15) is 0 Å². The Morgan fingerprint density at radius 3 is 2.67 bits per heavy atom. The molecular formula is C20H33ClIN3O2. The Morgan fingerprint density at radius 1 is 1.37 bits per heavy atom. The van der Waals surface area contributed by atoms with Crippen molar-refractivity contribution in [2.75, 3.05) is 47.5 Å². The zero-order valence-electron chi connectivity index (χ0n) is 16.9. The minimum absolute atomic E-state index is 0. The molecule has 1 saturated heterocycles. The number of hydrogen-bond donors (Lipinski definition) is 1. The number of unbranched alkanes of at least 4 members (excludes halogenated alkanes) is 1. The van der Waals surface area contributed by atoms with Crippen LogP contribution in [-0.4, -0.2) is 58.4 Å². The third-order valence-electron chi connectivity index (χ3n) is 5.19.